The quantitative estimate of drug-likeness (QED) is 0.857. The number of rotatable bonds is 1. The van der Waals surface area contributed by atoms with Gasteiger partial charge < -0.3 is 15.2 Å². The summed E-state index contributed by atoms with van der Waals surface area (Å²) in [6.07, 6.45) is 0.825. The van der Waals surface area contributed by atoms with E-state index in [2.05, 4.69) is 31.9 Å². The van der Waals surface area contributed by atoms with E-state index in [-0.39, 0.29) is 6.04 Å². The predicted octanol–water partition coefficient (Wildman–Crippen LogP) is 3.00. The van der Waals surface area contributed by atoms with Crippen LogP contribution in [0.25, 0.3) is 0 Å². The van der Waals surface area contributed by atoms with E-state index in [1.807, 2.05) is 6.07 Å². The average Bonchev–Trinajstić information content (AvgIpc) is 2.23. The van der Waals surface area contributed by atoms with Gasteiger partial charge in [0.05, 0.1) is 22.7 Å². The summed E-state index contributed by atoms with van der Waals surface area (Å²) in [6.45, 7) is 0.658. The molecular weight excluding hydrogens is 326 g/mol. The molecule has 0 spiro atoms. The molecule has 0 amide bonds. The van der Waals surface area contributed by atoms with Gasteiger partial charge in [0.1, 0.15) is 11.5 Å². The summed E-state index contributed by atoms with van der Waals surface area (Å²) in [5.74, 6) is 1.59. The van der Waals surface area contributed by atoms with Gasteiger partial charge in [0, 0.05) is 18.0 Å². The van der Waals surface area contributed by atoms with Crippen molar-refractivity contribution in [2.75, 3.05) is 13.7 Å². The Morgan fingerprint density at radius 2 is 2.27 bits per heavy atom. The van der Waals surface area contributed by atoms with Crippen LogP contribution in [-0.4, -0.2) is 13.7 Å². The van der Waals surface area contributed by atoms with E-state index in [0.717, 1.165) is 32.4 Å². The SMILES string of the molecule is COc1cc(Br)c2c(c1Br)[C@@H](N)CCO2. The third kappa shape index (κ3) is 1.88. The van der Waals surface area contributed by atoms with Crippen LogP contribution in [0.1, 0.15) is 18.0 Å². The van der Waals surface area contributed by atoms with Crippen LogP contribution >= 0.6 is 31.9 Å². The van der Waals surface area contributed by atoms with Gasteiger partial charge in [-0.25, -0.2) is 0 Å². The van der Waals surface area contributed by atoms with Crippen molar-refractivity contribution in [2.45, 2.75) is 12.5 Å². The Balaban J connectivity index is 2.64. The number of halogens is 2. The van der Waals surface area contributed by atoms with E-state index >= 15 is 0 Å². The molecule has 15 heavy (non-hydrogen) atoms. The van der Waals surface area contributed by atoms with Gasteiger partial charge >= 0.3 is 0 Å². The number of nitrogens with two attached hydrogens (primary N) is 1. The Labute approximate surface area is 105 Å². The van der Waals surface area contributed by atoms with Crippen LogP contribution in [0.15, 0.2) is 15.0 Å². The van der Waals surface area contributed by atoms with E-state index in [9.17, 15) is 0 Å². The molecule has 2 N–H and O–H groups in total. The number of hydrogen-bond donors (Lipinski definition) is 1. The van der Waals surface area contributed by atoms with Crippen molar-refractivity contribution < 1.29 is 9.47 Å². The first-order valence-electron chi connectivity index (χ1n) is 4.59. The largest absolute Gasteiger partial charge is 0.496 e. The number of fused-ring (bicyclic) bond motifs is 1. The van der Waals surface area contributed by atoms with Crippen LogP contribution in [0.5, 0.6) is 11.5 Å². The van der Waals surface area contributed by atoms with E-state index in [0.29, 0.717) is 6.61 Å². The van der Waals surface area contributed by atoms with Gasteiger partial charge in [-0.2, -0.15) is 0 Å². The highest BCUT2D eigenvalue weighted by Crippen LogP contribution is 2.45. The van der Waals surface area contributed by atoms with Crippen molar-refractivity contribution in [2.24, 2.45) is 5.73 Å². The molecule has 0 bridgehead atoms. The molecular formula is C10H11Br2NO2. The fraction of sp³-hybridized carbons (Fsp3) is 0.400. The van der Waals surface area contributed by atoms with Crippen LogP contribution in [0.4, 0.5) is 0 Å². The van der Waals surface area contributed by atoms with Gasteiger partial charge in [-0.05, 0) is 37.9 Å². The van der Waals surface area contributed by atoms with Crippen molar-refractivity contribution >= 4 is 31.9 Å². The lowest BCUT2D eigenvalue weighted by atomic mass is 10.0. The summed E-state index contributed by atoms with van der Waals surface area (Å²) >= 11 is 6.95. The van der Waals surface area contributed by atoms with Crippen molar-refractivity contribution in [1.29, 1.82) is 0 Å². The lowest BCUT2D eigenvalue weighted by molar-refractivity contribution is 0.265. The summed E-state index contributed by atoms with van der Waals surface area (Å²) in [5.41, 5.74) is 7.03. The lowest BCUT2D eigenvalue weighted by Crippen LogP contribution is -2.21. The first kappa shape index (κ1) is 11.2. The van der Waals surface area contributed by atoms with Gasteiger partial charge in [0.15, 0.2) is 0 Å². The van der Waals surface area contributed by atoms with Crippen LogP contribution in [0.2, 0.25) is 0 Å². The fourth-order valence-electron chi connectivity index (χ4n) is 1.66. The fourth-order valence-corrected chi connectivity index (χ4v) is 2.95. The van der Waals surface area contributed by atoms with Crippen LogP contribution < -0.4 is 15.2 Å². The maximum absolute atomic E-state index is 6.05. The first-order chi connectivity index (χ1) is 7.15. The molecule has 1 aromatic rings. The van der Waals surface area contributed by atoms with Gasteiger partial charge in [-0.15, -0.1) is 0 Å². The first-order valence-corrected chi connectivity index (χ1v) is 6.18. The smallest absolute Gasteiger partial charge is 0.139 e. The topological polar surface area (TPSA) is 44.5 Å². The van der Waals surface area contributed by atoms with Crippen molar-refractivity contribution in [3.05, 3.63) is 20.6 Å². The van der Waals surface area contributed by atoms with Crippen molar-refractivity contribution in [3.63, 3.8) is 0 Å². The standard InChI is InChI=1S/C10H11Br2NO2/c1-14-7-4-5(11)10-8(9(7)12)6(13)2-3-15-10/h4,6H,2-3,13H2,1H3/t6-/m0/s1. The minimum absolute atomic E-state index is 0.00507. The maximum atomic E-state index is 6.05. The zero-order chi connectivity index (χ0) is 11.0. The summed E-state index contributed by atoms with van der Waals surface area (Å²) < 4.78 is 12.6. The molecule has 0 aromatic heterocycles. The number of ether oxygens (including phenoxy) is 2. The highest BCUT2D eigenvalue weighted by Gasteiger charge is 2.25. The summed E-state index contributed by atoms with van der Waals surface area (Å²) in [4.78, 5) is 0. The van der Waals surface area contributed by atoms with Crippen LogP contribution in [0, 0.1) is 0 Å². The zero-order valence-electron chi connectivity index (χ0n) is 8.22. The second-order valence-electron chi connectivity index (χ2n) is 3.36. The molecule has 5 heteroatoms. The molecule has 1 aliphatic heterocycles. The van der Waals surface area contributed by atoms with E-state index in [4.69, 9.17) is 15.2 Å². The highest BCUT2D eigenvalue weighted by molar-refractivity contribution is 9.11. The third-order valence-electron chi connectivity index (χ3n) is 2.44. The summed E-state index contributed by atoms with van der Waals surface area (Å²) in [5, 5.41) is 0. The van der Waals surface area contributed by atoms with Gasteiger partial charge in [-0.1, -0.05) is 0 Å². The minimum atomic E-state index is -0.00507. The molecule has 0 aliphatic carbocycles. The zero-order valence-corrected chi connectivity index (χ0v) is 11.4. The molecule has 1 aromatic carbocycles. The third-order valence-corrected chi connectivity index (χ3v) is 3.85. The Kier molecular flexibility index (Phi) is 3.23. The van der Waals surface area contributed by atoms with Gasteiger partial charge in [0.2, 0.25) is 0 Å². The Morgan fingerprint density at radius 1 is 1.53 bits per heavy atom. The molecule has 0 unspecified atom stereocenters. The molecule has 0 saturated carbocycles. The predicted molar refractivity (Wildman–Crippen MR) is 65.4 cm³/mol. The highest BCUT2D eigenvalue weighted by atomic mass is 79.9. The maximum Gasteiger partial charge on any atom is 0.139 e. The van der Waals surface area contributed by atoms with E-state index in [1.54, 1.807) is 7.11 Å². The Morgan fingerprint density at radius 3 is 2.93 bits per heavy atom. The molecule has 1 aliphatic rings. The van der Waals surface area contributed by atoms with E-state index in [1.165, 1.54) is 0 Å². The molecule has 2 rings (SSSR count). The second-order valence-corrected chi connectivity index (χ2v) is 5.01. The lowest BCUT2D eigenvalue weighted by Gasteiger charge is -2.26. The van der Waals surface area contributed by atoms with Crippen molar-refractivity contribution in [1.82, 2.24) is 0 Å². The molecule has 0 saturated heterocycles. The molecule has 3 nitrogen and oxygen atoms in total. The van der Waals surface area contributed by atoms with Crippen LogP contribution in [-0.2, 0) is 0 Å². The van der Waals surface area contributed by atoms with Crippen molar-refractivity contribution in [3.8, 4) is 11.5 Å². The molecule has 0 fully saturated rings. The monoisotopic (exact) mass is 335 g/mol. The van der Waals surface area contributed by atoms with Gasteiger partial charge in [0.25, 0.3) is 0 Å². The number of methoxy groups -OCH3 is 1. The van der Waals surface area contributed by atoms with Gasteiger partial charge in [-0.3, -0.25) is 0 Å². The second kappa shape index (κ2) is 4.31. The number of hydrogen-bond acceptors (Lipinski definition) is 3. The Bertz CT molecular complexity index is 395. The summed E-state index contributed by atoms with van der Waals surface area (Å²) in [7, 11) is 1.63. The molecule has 1 heterocycles. The molecule has 0 radical (unpaired) electrons. The minimum Gasteiger partial charge on any atom is -0.496 e. The Hall–Kier alpha value is -0.260. The molecule has 1 atom stereocenters. The van der Waals surface area contributed by atoms with E-state index < -0.39 is 0 Å². The van der Waals surface area contributed by atoms with Crippen LogP contribution in [0.3, 0.4) is 0 Å². The number of benzene rings is 1. The molecule has 82 valence electrons. The normalized spacial score (nSPS) is 19.3. The summed E-state index contributed by atoms with van der Waals surface area (Å²) in [6, 6.07) is 1.87. The average molecular weight is 337 g/mol.